The third-order valence-corrected chi connectivity index (χ3v) is 5.73. The summed E-state index contributed by atoms with van der Waals surface area (Å²) in [5, 5.41) is 5.33. The number of carbonyl (C=O) groups excluding carboxylic acids is 4. The van der Waals surface area contributed by atoms with Gasteiger partial charge in [-0.2, -0.15) is 0 Å². The van der Waals surface area contributed by atoms with Gasteiger partial charge in [0.05, 0.1) is 19.6 Å². The van der Waals surface area contributed by atoms with Crippen LogP contribution in [0.5, 0.6) is 5.75 Å². The molecule has 2 aromatic carbocycles. The number of hydrogen-bond acceptors (Lipinski definition) is 6. The van der Waals surface area contributed by atoms with Crippen molar-refractivity contribution in [2.45, 2.75) is 25.8 Å². The highest BCUT2D eigenvalue weighted by Crippen LogP contribution is 2.29. The lowest BCUT2D eigenvalue weighted by Gasteiger charge is -2.22. The zero-order valence-electron chi connectivity index (χ0n) is 19.5. The van der Waals surface area contributed by atoms with Gasteiger partial charge < -0.3 is 20.1 Å². The quantitative estimate of drug-likeness (QED) is 0.408. The Bertz CT molecular complexity index is 1040. The fourth-order valence-corrected chi connectivity index (χ4v) is 3.79. The Morgan fingerprint density at radius 2 is 1.76 bits per heavy atom. The van der Waals surface area contributed by atoms with Gasteiger partial charge in [0.15, 0.2) is 0 Å². The summed E-state index contributed by atoms with van der Waals surface area (Å²) in [7, 11) is 1.53. The molecule has 1 heterocycles. The van der Waals surface area contributed by atoms with Gasteiger partial charge in [0.1, 0.15) is 17.8 Å². The van der Waals surface area contributed by atoms with E-state index in [1.807, 2.05) is 30.3 Å². The van der Waals surface area contributed by atoms with E-state index in [4.69, 9.17) is 9.47 Å². The molecule has 0 bridgehead atoms. The number of amides is 4. The molecule has 9 heteroatoms. The molecule has 2 atom stereocenters. The van der Waals surface area contributed by atoms with E-state index in [2.05, 4.69) is 10.6 Å². The van der Waals surface area contributed by atoms with E-state index in [-0.39, 0.29) is 13.2 Å². The van der Waals surface area contributed by atoms with Crippen LogP contribution in [0, 0.1) is 5.92 Å². The third kappa shape index (κ3) is 5.54. The number of esters is 1. The number of imide groups is 1. The van der Waals surface area contributed by atoms with Gasteiger partial charge in [-0.05, 0) is 43.5 Å². The first-order valence-corrected chi connectivity index (χ1v) is 11.0. The summed E-state index contributed by atoms with van der Waals surface area (Å²) in [4.78, 5) is 51.4. The molecule has 0 spiro atoms. The summed E-state index contributed by atoms with van der Waals surface area (Å²) >= 11 is 0. The van der Waals surface area contributed by atoms with Gasteiger partial charge >= 0.3 is 12.0 Å². The van der Waals surface area contributed by atoms with Crippen molar-refractivity contribution >= 4 is 23.8 Å². The predicted molar refractivity (Wildman–Crippen MR) is 124 cm³/mol. The first-order chi connectivity index (χ1) is 16.3. The number of hydrogen-bond donors (Lipinski definition) is 2. The van der Waals surface area contributed by atoms with E-state index in [1.165, 1.54) is 7.11 Å². The molecule has 1 aliphatic heterocycles. The molecular formula is C25H29N3O6. The van der Waals surface area contributed by atoms with E-state index in [0.717, 1.165) is 10.5 Å². The van der Waals surface area contributed by atoms with Gasteiger partial charge in [-0.3, -0.25) is 19.3 Å². The standard InChI is InChI=1S/C25H29N3O6/c1-4-34-22(30)18(14-17-8-6-5-7-9-17)15-26-21(29)16-28-23(31)25(2,27-24(28)32)19-10-12-20(33-3)13-11-19/h5-13,18H,4,14-16H2,1-3H3,(H,26,29)(H,27,32). The first kappa shape index (κ1) is 24.8. The van der Waals surface area contributed by atoms with Crippen LogP contribution >= 0.6 is 0 Å². The van der Waals surface area contributed by atoms with Crippen molar-refractivity contribution in [2.75, 3.05) is 26.8 Å². The van der Waals surface area contributed by atoms with Crippen LogP contribution in [0.4, 0.5) is 4.79 Å². The maximum absolute atomic E-state index is 13.1. The average Bonchev–Trinajstić information content (AvgIpc) is 3.06. The van der Waals surface area contributed by atoms with Crippen LogP contribution in [-0.4, -0.2) is 55.5 Å². The normalized spacial score (nSPS) is 18.3. The highest BCUT2D eigenvalue weighted by Gasteiger charge is 2.49. The molecule has 1 aliphatic rings. The molecule has 4 amide bonds. The number of carbonyl (C=O) groups is 4. The molecule has 0 saturated carbocycles. The second-order valence-electron chi connectivity index (χ2n) is 8.12. The fourth-order valence-electron chi connectivity index (χ4n) is 3.79. The topological polar surface area (TPSA) is 114 Å². The lowest BCUT2D eigenvalue weighted by Crippen LogP contribution is -2.44. The molecule has 180 valence electrons. The van der Waals surface area contributed by atoms with Crippen LogP contribution in [0.2, 0.25) is 0 Å². The van der Waals surface area contributed by atoms with Crippen molar-refractivity contribution in [1.82, 2.24) is 15.5 Å². The SMILES string of the molecule is CCOC(=O)C(CNC(=O)CN1C(=O)NC(C)(c2ccc(OC)cc2)C1=O)Cc1ccccc1. The Labute approximate surface area is 198 Å². The molecule has 9 nitrogen and oxygen atoms in total. The molecule has 3 rings (SSSR count). The predicted octanol–water partition coefficient (Wildman–Crippen LogP) is 2.00. The molecule has 2 N–H and O–H groups in total. The Morgan fingerprint density at radius 1 is 1.09 bits per heavy atom. The van der Waals surface area contributed by atoms with Crippen molar-refractivity contribution in [1.29, 1.82) is 0 Å². The van der Waals surface area contributed by atoms with E-state index in [9.17, 15) is 19.2 Å². The van der Waals surface area contributed by atoms with Crippen molar-refractivity contribution in [3.05, 3.63) is 65.7 Å². The Hall–Kier alpha value is -3.88. The van der Waals surface area contributed by atoms with Crippen LogP contribution in [0.1, 0.15) is 25.0 Å². The number of methoxy groups -OCH3 is 1. The number of rotatable bonds is 10. The zero-order chi connectivity index (χ0) is 24.7. The third-order valence-electron chi connectivity index (χ3n) is 5.73. The van der Waals surface area contributed by atoms with Gasteiger partial charge in [0.2, 0.25) is 5.91 Å². The number of ether oxygens (including phenoxy) is 2. The van der Waals surface area contributed by atoms with Gasteiger partial charge in [0.25, 0.3) is 5.91 Å². The smallest absolute Gasteiger partial charge is 0.325 e. The molecule has 1 saturated heterocycles. The second-order valence-corrected chi connectivity index (χ2v) is 8.12. The number of nitrogens with zero attached hydrogens (tertiary/aromatic N) is 1. The monoisotopic (exact) mass is 467 g/mol. The van der Waals surface area contributed by atoms with Crippen molar-refractivity contribution in [2.24, 2.45) is 5.92 Å². The van der Waals surface area contributed by atoms with Crippen molar-refractivity contribution in [3.63, 3.8) is 0 Å². The van der Waals surface area contributed by atoms with Gasteiger partial charge in [-0.25, -0.2) is 4.79 Å². The van der Waals surface area contributed by atoms with E-state index in [0.29, 0.717) is 17.7 Å². The Morgan fingerprint density at radius 3 is 2.38 bits per heavy atom. The summed E-state index contributed by atoms with van der Waals surface area (Å²) in [6.45, 7) is 3.09. The van der Waals surface area contributed by atoms with Crippen LogP contribution in [0.3, 0.4) is 0 Å². The second kappa shape index (κ2) is 10.8. The first-order valence-electron chi connectivity index (χ1n) is 11.0. The molecule has 0 aromatic heterocycles. The minimum absolute atomic E-state index is 0.0198. The average molecular weight is 468 g/mol. The largest absolute Gasteiger partial charge is 0.497 e. The maximum Gasteiger partial charge on any atom is 0.325 e. The summed E-state index contributed by atoms with van der Waals surface area (Å²) in [6.07, 6.45) is 0.388. The summed E-state index contributed by atoms with van der Waals surface area (Å²) in [5.41, 5.74) is 0.198. The molecule has 2 aromatic rings. The van der Waals surface area contributed by atoms with Crippen LogP contribution in [0.25, 0.3) is 0 Å². The van der Waals surface area contributed by atoms with Gasteiger partial charge in [0, 0.05) is 6.54 Å². The summed E-state index contributed by atoms with van der Waals surface area (Å²) < 4.78 is 10.3. The van der Waals surface area contributed by atoms with Gasteiger partial charge in [-0.1, -0.05) is 42.5 Å². The van der Waals surface area contributed by atoms with E-state index < -0.39 is 41.8 Å². The minimum Gasteiger partial charge on any atom is -0.497 e. The lowest BCUT2D eigenvalue weighted by atomic mass is 9.92. The van der Waals surface area contributed by atoms with Crippen molar-refractivity contribution in [3.8, 4) is 5.75 Å². The number of benzene rings is 2. The number of nitrogens with one attached hydrogen (secondary N) is 2. The van der Waals surface area contributed by atoms with Crippen LogP contribution in [0.15, 0.2) is 54.6 Å². The van der Waals surface area contributed by atoms with Crippen LogP contribution < -0.4 is 15.4 Å². The molecule has 1 fully saturated rings. The molecule has 0 radical (unpaired) electrons. The summed E-state index contributed by atoms with van der Waals surface area (Å²) in [6, 6.07) is 15.5. The molecular weight excluding hydrogens is 438 g/mol. The summed E-state index contributed by atoms with van der Waals surface area (Å²) in [5.74, 6) is -1.49. The molecule has 0 aliphatic carbocycles. The van der Waals surface area contributed by atoms with Gasteiger partial charge in [-0.15, -0.1) is 0 Å². The molecule has 2 unspecified atom stereocenters. The Kier molecular flexibility index (Phi) is 7.88. The highest BCUT2D eigenvalue weighted by molar-refractivity contribution is 6.09. The minimum atomic E-state index is -1.30. The molecule has 34 heavy (non-hydrogen) atoms. The Balaban J connectivity index is 1.63. The highest BCUT2D eigenvalue weighted by atomic mass is 16.5. The van der Waals surface area contributed by atoms with Crippen LogP contribution in [-0.2, 0) is 31.1 Å². The van der Waals surface area contributed by atoms with Crippen molar-refractivity contribution < 1.29 is 28.7 Å². The zero-order valence-corrected chi connectivity index (χ0v) is 19.5. The van der Waals surface area contributed by atoms with E-state index >= 15 is 0 Å². The fraction of sp³-hybridized carbons (Fsp3) is 0.360. The van der Waals surface area contributed by atoms with E-state index in [1.54, 1.807) is 38.1 Å². The maximum atomic E-state index is 13.1. The number of urea groups is 1. The lowest BCUT2D eigenvalue weighted by molar-refractivity contribution is -0.148.